The van der Waals surface area contributed by atoms with Crippen molar-refractivity contribution >= 4 is 5.97 Å². The van der Waals surface area contributed by atoms with Gasteiger partial charge in [-0.15, -0.1) is 0 Å². The van der Waals surface area contributed by atoms with E-state index in [-0.39, 0.29) is 5.54 Å². The molecule has 0 bridgehead atoms. The van der Waals surface area contributed by atoms with E-state index in [4.69, 9.17) is 16.6 Å². The van der Waals surface area contributed by atoms with Crippen LogP contribution in [-0.4, -0.2) is 22.7 Å². The highest BCUT2D eigenvalue weighted by Crippen LogP contribution is 2.29. The summed E-state index contributed by atoms with van der Waals surface area (Å²) in [6.45, 7) is 0. The minimum absolute atomic E-state index is 0.323. The second-order valence-corrected chi connectivity index (χ2v) is 4.07. The molecule has 5 N–H and O–H groups in total. The zero-order chi connectivity index (χ0) is 9.90. The molecule has 0 heterocycles. The van der Waals surface area contributed by atoms with E-state index in [2.05, 4.69) is 0 Å². The predicted octanol–water partition coefficient (Wildman–Crippen LogP) is 0.450. The van der Waals surface area contributed by atoms with Gasteiger partial charge in [-0.1, -0.05) is 19.3 Å². The molecule has 0 aromatic carbocycles. The van der Waals surface area contributed by atoms with Gasteiger partial charge < -0.3 is 16.6 Å². The van der Waals surface area contributed by atoms with Crippen LogP contribution >= 0.6 is 0 Å². The lowest BCUT2D eigenvalue weighted by molar-refractivity contribution is -0.139. The van der Waals surface area contributed by atoms with Crippen LogP contribution in [0.4, 0.5) is 0 Å². The summed E-state index contributed by atoms with van der Waals surface area (Å²) in [6, 6.07) is -0.803. The lowest BCUT2D eigenvalue weighted by Crippen LogP contribution is -2.48. The molecule has 0 aromatic rings. The zero-order valence-electron chi connectivity index (χ0n) is 7.83. The molecule has 0 aromatic heterocycles. The normalized spacial score (nSPS) is 23.8. The van der Waals surface area contributed by atoms with E-state index in [0.717, 1.165) is 25.7 Å². The number of aliphatic carboxylic acids is 1. The topological polar surface area (TPSA) is 89.3 Å². The summed E-state index contributed by atoms with van der Waals surface area (Å²) >= 11 is 0. The SMILES string of the molecule is NC(CC1(N)CCCCC1)C(=O)O. The van der Waals surface area contributed by atoms with Crippen LogP contribution in [0.25, 0.3) is 0 Å². The highest BCUT2D eigenvalue weighted by molar-refractivity contribution is 5.73. The summed E-state index contributed by atoms with van der Waals surface area (Å²) in [6.07, 6.45) is 5.64. The largest absolute Gasteiger partial charge is 0.480 e. The first-order valence-electron chi connectivity index (χ1n) is 4.81. The molecule has 1 rings (SSSR count). The van der Waals surface area contributed by atoms with Crippen molar-refractivity contribution in [1.29, 1.82) is 0 Å². The highest BCUT2D eigenvalue weighted by atomic mass is 16.4. The molecule has 4 heteroatoms. The van der Waals surface area contributed by atoms with E-state index in [1.807, 2.05) is 0 Å². The van der Waals surface area contributed by atoms with Gasteiger partial charge >= 0.3 is 5.97 Å². The van der Waals surface area contributed by atoms with Crippen molar-refractivity contribution in [3.63, 3.8) is 0 Å². The van der Waals surface area contributed by atoms with Crippen LogP contribution in [0.15, 0.2) is 0 Å². The van der Waals surface area contributed by atoms with Gasteiger partial charge in [0, 0.05) is 5.54 Å². The van der Waals surface area contributed by atoms with Crippen LogP contribution in [0, 0.1) is 0 Å². The minimum Gasteiger partial charge on any atom is -0.480 e. The van der Waals surface area contributed by atoms with Crippen molar-refractivity contribution in [3.05, 3.63) is 0 Å². The van der Waals surface area contributed by atoms with Crippen molar-refractivity contribution < 1.29 is 9.90 Å². The molecule has 1 saturated carbocycles. The molecule has 0 saturated heterocycles. The van der Waals surface area contributed by atoms with Crippen LogP contribution in [0.3, 0.4) is 0 Å². The number of rotatable bonds is 3. The van der Waals surface area contributed by atoms with Gasteiger partial charge in [0.1, 0.15) is 6.04 Å². The number of hydrogen-bond acceptors (Lipinski definition) is 3. The van der Waals surface area contributed by atoms with Crippen LogP contribution in [0.2, 0.25) is 0 Å². The maximum absolute atomic E-state index is 10.5. The number of carboxylic acid groups (broad SMARTS) is 1. The van der Waals surface area contributed by atoms with Gasteiger partial charge in [0.2, 0.25) is 0 Å². The van der Waals surface area contributed by atoms with Gasteiger partial charge in [-0.25, -0.2) is 0 Å². The molecule has 0 spiro atoms. The van der Waals surface area contributed by atoms with Crippen LogP contribution in [0.1, 0.15) is 38.5 Å². The number of hydrogen-bond donors (Lipinski definition) is 3. The molecule has 1 fully saturated rings. The Morgan fingerprint density at radius 3 is 2.38 bits per heavy atom. The average Bonchev–Trinajstić information content (AvgIpc) is 2.04. The third-order valence-electron chi connectivity index (χ3n) is 2.79. The molecule has 0 aliphatic heterocycles. The van der Waals surface area contributed by atoms with Gasteiger partial charge in [-0.2, -0.15) is 0 Å². The molecule has 4 nitrogen and oxygen atoms in total. The fraction of sp³-hybridized carbons (Fsp3) is 0.889. The second-order valence-electron chi connectivity index (χ2n) is 4.07. The van der Waals surface area contributed by atoms with Gasteiger partial charge in [0.15, 0.2) is 0 Å². The smallest absolute Gasteiger partial charge is 0.320 e. The minimum atomic E-state index is -0.949. The molecule has 0 radical (unpaired) electrons. The Labute approximate surface area is 78.3 Å². The first-order chi connectivity index (χ1) is 6.03. The number of carboxylic acids is 1. The predicted molar refractivity (Wildman–Crippen MR) is 50.2 cm³/mol. The van der Waals surface area contributed by atoms with Crippen LogP contribution in [0.5, 0.6) is 0 Å². The summed E-state index contributed by atoms with van der Waals surface area (Å²) in [5.74, 6) is -0.949. The molecule has 1 unspecified atom stereocenters. The molecule has 1 atom stereocenters. The van der Waals surface area contributed by atoms with E-state index in [1.165, 1.54) is 6.42 Å². The molecule has 1 aliphatic carbocycles. The maximum atomic E-state index is 10.5. The molecule has 0 amide bonds. The standard InChI is InChI=1S/C9H18N2O2/c10-7(8(12)13)6-9(11)4-2-1-3-5-9/h7H,1-6,10-11H2,(H,12,13). The molecular weight excluding hydrogens is 168 g/mol. The third-order valence-corrected chi connectivity index (χ3v) is 2.79. The van der Waals surface area contributed by atoms with E-state index in [0.29, 0.717) is 6.42 Å². The summed E-state index contributed by atoms with van der Waals surface area (Å²) < 4.78 is 0. The first kappa shape index (κ1) is 10.5. The third kappa shape index (κ3) is 2.97. The molecular formula is C9H18N2O2. The van der Waals surface area contributed by atoms with Crippen LogP contribution in [-0.2, 0) is 4.79 Å². The fourth-order valence-corrected chi connectivity index (χ4v) is 1.99. The summed E-state index contributed by atoms with van der Waals surface area (Å²) in [7, 11) is 0. The molecule has 76 valence electrons. The summed E-state index contributed by atoms with van der Waals surface area (Å²) in [5, 5.41) is 8.65. The lowest BCUT2D eigenvalue weighted by atomic mass is 9.78. The van der Waals surface area contributed by atoms with Gasteiger partial charge in [0.25, 0.3) is 0 Å². The van der Waals surface area contributed by atoms with E-state index in [9.17, 15) is 4.79 Å². The fourth-order valence-electron chi connectivity index (χ4n) is 1.99. The lowest BCUT2D eigenvalue weighted by Gasteiger charge is -2.34. The second kappa shape index (κ2) is 4.07. The van der Waals surface area contributed by atoms with Crippen molar-refractivity contribution in [2.75, 3.05) is 0 Å². The molecule has 1 aliphatic rings. The quantitative estimate of drug-likeness (QED) is 0.597. The van der Waals surface area contributed by atoms with Gasteiger partial charge in [-0.05, 0) is 19.3 Å². The number of carbonyl (C=O) groups is 1. The summed E-state index contributed by atoms with van der Waals surface area (Å²) in [5.41, 5.74) is 11.2. The highest BCUT2D eigenvalue weighted by Gasteiger charge is 2.31. The Kier molecular flexibility index (Phi) is 3.27. The van der Waals surface area contributed by atoms with Gasteiger partial charge in [0.05, 0.1) is 0 Å². The van der Waals surface area contributed by atoms with Crippen molar-refractivity contribution in [2.45, 2.75) is 50.1 Å². The Morgan fingerprint density at radius 2 is 1.92 bits per heavy atom. The van der Waals surface area contributed by atoms with Crippen molar-refractivity contribution in [1.82, 2.24) is 0 Å². The summed E-state index contributed by atoms with van der Waals surface area (Å²) in [4.78, 5) is 10.5. The van der Waals surface area contributed by atoms with Crippen molar-refractivity contribution in [2.24, 2.45) is 11.5 Å². The maximum Gasteiger partial charge on any atom is 0.320 e. The zero-order valence-corrected chi connectivity index (χ0v) is 7.83. The van der Waals surface area contributed by atoms with E-state index in [1.54, 1.807) is 0 Å². The molecule has 13 heavy (non-hydrogen) atoms. The van der Waals surface area contributed by atoms with E-state index < -0.39 is 12.0 Å². The Morgan fingerprint density at radius 1 is 1.38 bits per heavy atom. The van der Waals surface area contributed by atoms with Gasteiger partial charge in [-0.3, -0.25) is 4.79 Å². The first-order valence-corrected chi connectivity index (χ1v) is 4.81. The van der Waals surface area contributed by atoms with Crippen molar-refractivity contribution in [3.8, 4) is 0 Å². The average molecular weight is 186 g/mol. The Bertz CT molecular complexity index is 188. The number of nitrogens with two attached hydrogens (primary N) is 2. The van der Waals surface area contributed by atoms with E-state index >= 15 is 0 Å². The van der Waals surface area contributed by atoms with Crippen LogP contribution < -0.4 is 11.5 Å². The Hall–Kier alpha value is -0.610. The Balaban J connectivity index is 2.45. The monoisotopic (exact) mass is 186 g/mol.